The van der Waals surface area contributed by atoms with Gasteiger partial charge in [-0.25, -0.2) is 4.39 Å². The number of rotatable bonds is 4. The molecule has 2 rings (SSSR count). The molecule has 1 heterocycles. The van der Waals surface area contributed by atoms with Crippen LogP contribution in [0.25, 0.3) is 0 Å². The summed E-state index contributed by atoms with van der Waals surface area (Å²) in [4.78, 5) is 2.32. The molecule has 1 N–H and O–H groups in total. The fourth-order valence-electron chi connectivity index (χ4n) is 2.74. The normalized spacial score (nSPS) is 20.2. The highest BCUT2D eigenvalue weighted by Crippen LogP contribution is 2.21. The molecule has 1 aromatic rings. The zero-order valence-electron chi connectivity index (χ0n) is 11.3. The second-order valence-corrected chi connectivity index (χ2v) is 5.07. The molecular weight excluding hydrogens is 241 g/mol. The molecule has 1 aromatic carbocycles. The monoisotopic (exact) mass is 261 g/mol. The van der Waals surface area contributed by atoms with E-state index in [1.807, 2.05) is 13.1 Å². The number of benzene rings is 1. The Morgan fingerprint density at radius 3 is 3.05 bits per heavy atom. The van der Waals surface area contributed by atoms with Crippen LogP contribution in [0, 0.1) is 17.1 Å². The van der Waals surface area contributed by atoms with E-state index in [9.17, 15) is 4.39 Å². The van der Waals surface area contributed by atoms with Gasteiger partial charge in [0, 0.05) is 24.7 Å². The van der Waals surface area contributed by atoms with Crippen LogP contribution in [0.2, 0.25) is 0 Å². The third-order valence-electron chi connectivity index (χ3n) is 3.76. The maximum Gasteiger partial charge on any atom is 0.145 e. The molecule has 19 heavy (non-hydrogen) atoms. The zero-order chi connectivity index (χ0) is 13.7. The summed E-state index contributed by atoms with van der Waals surface area (Å²) in [6, 6.07) is 7.43. The Balaban J connectivity index is 2.13. The summed E-state index contributed by atoms with van der Waals surface area (Å²) in [6.07, 6.45) is 3.56. The molecule has 0 aromatic heterocycles. The van der Waals surface area contributed by atoms with Crippen molar-refractivity contribution in [2.75, 3.05) is 20.1 Å². The molecule has 4 heteroatoms. The number of nitriles is 1. The van der Waals surface area contributed by atoms with Crippen LogP contribution in [0.3, 0.4) is 0 Å². The summed E-state index contributed by atoms with van der Waals surface area (Å²) >= 11 is 0. The average Bonchev–Trinajstić information content (AvgIpc) is 2.43. The predicted molar refractivity (Wildman–Crippen MR) is 73.1 cm³/mol. The van der Waals surface area contributed by atoms with Crippen LogP contribution >= 0.6 is 0 Å². The molecule has 1 atom stereocenters. The van der Waals surface area contributed by atoms with Crippen LogP contribution in [-0.4, -0.2) is 31.1 Å². The molecule has 1 saturated heterocycles. The van der Waals surface area contributed by atoms with Crippen molar-refractivity contribution in [3.63, 3.8) is 0 Å². The van der Waals surface area contributed by atoms with Crippen LogP contribution in [0.15, 0.2) is 18.2 Å². The van der Waals surface area contributed by atoms with Crippen molar-refractivity contribution in [3.05, 3.63) is 35.1 Å². The number of nitrogens with zero attached hydrogens (tertiary/aromatic N) is 2. The van der Waals surface area contributed by atoms with E-state index in [0.29, 0.717) is 18.2 Å². The van der Waals surface area contributed by atoms with Crippen molar-refractivity contribution in [2.45, 2.75) is 31.8 Å². The quantitative estimate of drug-likeness (QED) is 0.903. The number of halogens is 1. The molecule has 0 bridgehead atoms. The highest BCUT2D eigenvalue weighted by Gasteiger charge is 2.23. The summed E-state index contributed by atoms with van der Waals surface area (Å²) < 4.78 is 14.1. The van der Waals surface area contributed by atoms with Gasteiger partial charge in [0.25, 0.3) is 0 Å². The highest BCUT2D eigenvalue weighted by molar-refractivity contribution is 5.34. The molecule has 0 spiro atoms. The van der Waals surface area contributed by atoms with E-state index in [-0.39, 0.29) is 11.4 Å². The molecule has 102 valence electrons. The molecule has 0 saturated carbocycles. The summed E-state index contributed by atoms with van der Waals surface area (Å²) in [5.74, 6) is -0.362. The molecule has 1 fully saturated rings. The van der Waals surface area contributed by atoms with Crippen LogP contribution < -0.4 is 5.32 Å². The molecule has 1 aliphatic rings. The third kappa shape index (κ3) is 3.31. The lowest BCUT2D eigenvalue weighted by Gasteiger charge is -2.35. The highest BCUT2D eigenvalue weighted by atomic mass is 19.1. The smallest absolute Gasteiger partial charge is 0.145 e. The molecule has 3 nitrogen and oxygen atoms in total. The topological polar surface area (TPSA) is 39.1 Å². The second-order valence-electron chi connectivity index (χ2n) is 5.07. The van der Waals surface area contributed by atoms with Crippen molar-refractivity contribution in [1.82, 2.24) is 10.2 Å². The van der Waals surface area contributed by atoms with Crippen molar-refractivity contribution >= 4 is 0 Å². The van der Waals surface area contributed by atoms with E-state index in [2.05, 4.69) is 10.2 Å². The lowest BCUT2D eigenvalue weighted by Crippen LogP contribution is -2.44. The Kier molecular flexibility index (Phi) is 4.89. The van der Waals surface area contributed by atoms with E-state index in [1.54, 1.807) is 12.1 Å². The number of hydrogen-bond donors (Lipinski definition) is 1. The van der Waals surface area contributed by atoms with Gasteiger partial charge in [0.2, 0.25) is 0 Å². The maximum absolute atomic E-state index is 14.1. The number of hydrogen-bond acceptors (Lipinski definition) is 3. The number of likely N-dealkylation sites (N-methyl/N-ethyl adjacent to an activating group) is 1. The molecule has 0 amide bonds. The Hall–Kier alpha value is -1.44. The minimum absolute atomic E-state index is 0.139. The van der Waals surface area contributed by atoms with Crippen LogP contribution in [0.1, 0.15) is 30.4 Å². The lowest BCUT2D eigenvalue weighted by atomic mass is 10.0. The minimum Gasteiger partial charge on any atom is -0.318 e. The summed E-state index contributed by atoms with van der Waals surface area (Å²) in [5, 5.41) is 12.1. The average molecular weight is 261 g/mol. The van der Waals surface area contributed by atoms with Crippen molar-refractivity contribution in [2.24, 2.45) is 0 Å². The van der Waals surface area contributed by atoms with Gasteiger partial charge in [0.05, 0.1) is 5.56 Å². The van der Waals surface area contributed by atoms with Gasteiger partial charge in [-0.15, -0.1) is 0 Å². The fraction of sp³-hybridized carbons (Fsp3) is 0.533. The number of likely N-dealkylation sites (tertiary alicyclic amines) is 1. The van der Waals surface area contributed by atoms with Gasteiger partial charge in [-0.3, -0.25) is 4.90 Å². The summed E-state index contributed by atoms with van der Waals surface area (Å²) in [5.41, 5.74) is 0.765. The molecule has 0 radical (unpaired) electrons. The first kappa shape index (κ1) is 14.0. The SMILES string of the molecule is CNCC1CCCCN1Cc1cccc(C#N)c1F. The first-order valence-corrected chi connectivity index (χ1v) is 6.82. The van der Waals surface area contributed by atoms with Gasteiger partial charge in [-0.05, 0) is 32.5 Å². The second kappa shape index (κ2) is 6.65. The Labute approximate surface area is 114 Å². The first-order chi connectivity index (χ1) is 9.26. The van der Waals surface area contributed by atoms with Crippen molar-refractivity contribution < 1.29 is 4.39 Å². The van der Waals surface area contributed by atoms with E-state index in [0.717, 1.165) is 19.5 Å². The van der Waals surface area contributed by atoms with Gasteiger partial charge >= 0.3 is 0 Å². The van der Waals surface area contributed by atoms with E-state index < -0.39 is 0 Å². The van der Waals surface area contributed by atoms with Gasteiger partial charge in [0.1, 0.15) is 11.9 Å². The van der Waals surface area contributed by atoms with Gasteiger partial charge in [0.15, 0.2) is 0 Å². The standard InChI is InChI=1S/C15H20FN3/c1-18-10-14-7-2-3-8-19(14)11-13-6-4-5-12(9-17)15(13)16/h4-6,14,18H,2-3,7-8,10-11H2,1H3. The van der Waals surface area contributed by atoms with Crippen LogP contribution in [0.5, 0.6) is 0 Å². The van der Waals surface area contributed by atoms with Gasteiger partial charge in [-0.2, -0.15) is 5.26 Å². The van der Waals surface area contributed by atoms with Crippen LogP contribution in [0.4, 0.5) is 4.39 Å². The van der Waals surface area contributed by atoms with E-state index in [4.69, 9.17) is 5.26 Å². The van der Waals surface area contributed by atoms with E-state index in [1.165, 1.54) is 18.9 Å². The Morgan fingerprint density at radius 1 is 1.47 bits per heavy atom. The minimum atomic E-state index is -0.362. The first-order valence-electron chi connectivity index (χ1n) is 6.82. The Morgan fingerprint density at radius 2 is 2.32 bits per heavy atom. The van der Waals surface area contributed by atoms with Crippen LogP contribution in [-0.2, 0) is 6.54 Å². The molecular formula is C15H20FN3. The molecule has 1 aliphatic heterocycles. The molecule has 1 unspecified atom stereocenters. The van der Waals surface area contributed by atoms with Crippen molar-refractivity contribution in [3.8, 4) is 6.07 Å². The van der Waals surface area contributed by atoms with E-state index >= 15 is 0 Å². The Bertz CT molecular complexity index is 465. The largest absolute Gasteiger partial charge is 0.318 e. The molecule has 0 aliphatic carbocycles. The van der Waals surface area contributed by atoms with Gasteiger partial charge in [-0.1, -0.05) is 18.6 Å². The maximum atomic E-state index is 14.1. The number of piperidine rings is 1. The van der Waals surface area contributed by atoms with Gasteiger partial charge < -0.3 is 5.32 Å². The number of nitrogens with one attached hydrogen (secondary N) is 1. The summed E-state index contributed by atoms with van der Waals surface area (Å²) in [6.45, 7) is 2.52. The fourth-order valence-corrected chi connectivity index (χ4v) is 2.74. The zero-order valence-corrected chi connectivity index (χ0v) is 11.3. The lowest BCUT2D eigenvalue weighted by molar-refractivity contribution is 0.137. The third-order valence-corrected chi connectivity index (χ3v) is 3.76. The van der Waals surface area contributed by atoms with Crippen molar-refractivity contribution in [1.29, 1.82) is 5.26 Å². The summed E-state index contributed by atoms with van der Waals surface area (Å²) in [7, 11) is 1.95. The predicted octanol–water partition coefficient (Wildman–Crippen LogP) is 2.27.